The van der Waals surface area contributed by atoms with E-state index in [0.717, 1.165) is 11.4 Å². The van der Waals surface area contributed by atoms with E-state index in [1.165, 1.54) is 24.0 Å². The second kappa shape index (κ2) is 11.1. The molecule has 0 atom stereocenters. The molecule has 3 rings (SSSR count). The number of aryl methyl sites for hydroxylation is 1. The van der Waals surface area contributed by atoms with E-state index < -0.39 is 60.9 Å². The van der Waals surface area contributed by atoms with Gasteiger partial charge in [0.05, 0.1) is 22.3 Å². The molecule has 0 aromatic carbocycles. The van der Waals surface area contributed by atoms with Crippen LogP contribution in [0.3, 0.4) is 0 Å². The number of hydrogen-bond acceptors (Lipinski definition) is 6. The Morgan fingerprint density at radius 3 is 2.12 bits per heavy atom. The number of rotatable bonds is 10. The lowest BCUT2D eigenvalue weighted by atomic mass is 10.0. The highest BCUT2D eigenvalue weighted by Crippen LogP contribution is 2.52. The number of pyridine rings is 2. The molecular formula is C20H13Cl2F11N6O2. The highest BCUT2D eigenvalue weighted by atomic mass is 35.5. The number of amides is 1. The third-order valence-electron chi connectivity index (χ3n) is 5.17. The molecule has 41 heavy (non-hydrogen) atoms. The van der Waals surface area contributed by atoms with Crippen molar-refractivity contribution in [2.24, 2.45) is 7.05 Å². The lowest BCUT2D eigenvalue weighted by Crippen LogP contribution is -2.63. The van der Waals surface area contributed by atoms with E-state index in [-0.39, 0.29) is 32.8 Å². The number of imidazole rings is 1. The molecule has 0 aliphatic rings. The predicted octanol–water partition coefficient (Wildman–Crippen LogP) is 6.26. The summed E-state index contributed by atoms with van der Waals surface area (Å²) in [7, 11) is 1.33. The molecule has 3 heterocycles. The Hall–Kier alpha value is -3.35. The average molecular weight is 649 g/mol. The molecule has 0 radical (unpaired) electrons. The van der Waals surface area contributed by atoms with E-state index in [4.69, 9.17) is 27.9 Å². The van der Waals surface area contributed by atoms with Gasteiger partial charge in [-0.05, 0) is 6.07 Å². The molecule has 0 fully saturated rings. The standard InChI is InChI=1S/C20H13Cl2F11N6O2/c1-39-13-10(36-16(39)37-12-8(21)3-34-4-9(12)22)2-7(15(38-13)41-5-11(23)24)14(40)35-6-17(25,26)18(27,28)19(29,30)20(31,32)33/h2-4,11H,5-6H2,1H3,(H,35,40)(H,34,36,37). The second-order valence-electron chi connectivity index (χ2n) is 8.02. The Kier molecular flexibility index (Phi) is 8.74. The van der Waals surface area contributed by atoms with Crippen LogP contribution in [-0.2, 0) is 7.05 Å². The maximum atomic E-state index is 13.9. The number of aromatic nitrogens is 4. The van der Waals surface area contributed by atoms with Crippen molar-refractivity contribution in [3.8, 4) is 5.88 Å². The molecule has 0 bridgehead atoms. The monoisotopic (exact) mass is 648 g/mol. The minimum absolute atomic E-state index is 0.0207. The fourth-order valence-corrected chi connectivity index (χ4v) is 3.53. The van der Waals surface area contributed by atoms with E-state index in [1.54, 1.807) is 0 Å². The van der Waals surface area contributed by atoms with Gasteiger partial charge in [-0.3, -0.25) is 14.3 Å². The minimum Gasteiger partial charge on any atom is -0.471 e. The van der Waals surface area contributed by atoms with E-state index in [1.807, 2.05) is 0 Å². The van der Waals surface area contributed by atoms with Crippen LogP contribution < -0.4 is 15.4 Å². The first-order chi connectivity index (χ1) is 18.7. The summed E-state index contributed by atoms with van der Waals surface area (Å²) >= 11 is 12.0. The van der Waals surface area contributed by atoms with E-state index in [2.05, 4.69) is 20.3 Å². The molecule has 0 saturated heterocycles. The second-order valence-corrected chi connectivity index (χ2v) is 8.83. The van der Waals surface area contributed by atoms with Gasteiger partial charge in [-0.15, -0.1) is 0 Å². The Morgan fingerprint density at radius 1 is 1.00 bits per heavy atom. The third-order valence-corrected chi connectivity index (χ3v) is 5.74. The van der Waals surface area contributed by atoms with Crippen molar-refractivity contribution in [1.82, 2.24) is 24.8 Å². The van der Waals surface area contributed by atoms with Crippen LogP contribution in [0, 0.1) is 0 Å². The fourth-order valence-electron chi connectivity index (χ4n) is 3.07. The van der Waals surface area contributed by atoms with Crippen LogP contribution in [0.1, 0.15) is 10.4 Å². The summed E-state index contributed by atoms with van der Waals surface area (Å²) in [5.41, 5.74) is -1.33. The Labute approximate surface area is 230 Å². The molecule has 1 amide bonds. The normalized spacial score (nSPS) is 13.1. The van der Waals surface area contributed by atoms with E-state index in [0.29, 0.717) is 0 Å². The molecular weight excluding hydrogens is 636 g/mol. The highest BCUT2D eigenvalue weighted by Gasteiger charge is 2.81. The number of hydrogen-bond donors (Lipinski definition) is 2. The quantitative estimate of drug-likeness (QED) is 0.252. The molecule has 0 aliphatic heterocycles. The zero-order valence-corrected chi connectivity index (χ0v) is 21.3. The molecule has 0 saturated carbocycles. The lowest BCUT2D eigenvalue weighted by molar-refractivity contribution is -0.394. The van der Waals surface area contributed by atoms with Crippen LogP contribution in [0.25, 0.3) is 11.2 Å². The van der Waals surface area contributed by atoms with Crippen LogP contribution in [0.5, 0.6) is 5.88 Å². The number of nitrogens with zero attached hydrogens (tertiary/aromatic N) is 4. The average Bonchev–Trinajstić information content (AvgIpc) is 3.16. The molecule has 2 N–H and O–H groups in total. The minimum atomic E-state index is -7.18. The molecule has 0 spiro atoms. The number of carbonyl (C=O) groups excluding carboxylic acids is 1. The first kappa shape index (κ1) is 32.2. The number of nitrogens with one attached hydrogen (secondary N) is 2. The first-order valence-electron chi connectivity index (χ1n) is 10.5. The van der Waals surface area contributed by atoms with Crippen molar-refractivity contribution in [3.05, 3.63) is 34.1 Å². The molecule has 0 unspecified atom stereocenters. The first-order valence-corrected chi connectivity index (χ1v) is 11.3. The van der Waals surface area contributed by atoms with Crippen molar-refractivity contribution in [3.63, 3.8) is 0 Å². The van der Waals surface area contributed by atoms with Crippen LogP contribution in [0.4, 0.5) is 59.9 Å². The Balaban J connectivity index is 1.98. The van der Waals surface area contributed by atoms with Gasteiger partial charge in [0.2, 0.25) is 11.8 Å². The number of alkyl halides is 11. The third kappa shape index (κ3) is 6.14. The summed E-state index contributed by atoms with van der Waals surface area (Å²) in [6.45, 7) is -4.14. The number of anilines is 2. The van der Waals surface area contributed by atoms with Crippen LogP contribution in [-0.4, -0.2) is 68.9 Å². The van der Waals surface area contributed by atoms with E-state index >= 15 is 0 Å². The van der Waals surface area contributed by atoms with E-state index in [9.17, 15) is 53.1 Å². The van der Waals surface area contributed by atoms with Gasteiger partial charge in [-0.1, -0.05) is 23.2 Å². The highest BCUT2D eigenvalue weighted by molar-refractivity contribution is 6.39. The van der Waals surface area contributed by atoms with Gasteiger partial charge in [-0.25, -0.2) is 13.8 Å². The molecule has 0 aliphatic carbocycles. The van der Waals surface area contributed by atoms with Crippen LogP contribution in [0.15, 0.2) is 18.5 Å². The predicted molar refractivity (Wildman–Crippen MR) is 121 cm³/mol. The van der Waals surface area contributed by atoms with Gasteiger partial charge >= 0.3 is 23.9 Å². The molecule has 3 aromatic heterocycles. The van der Waals surface area contributed by atoms with Gasteiger partial charge < -0.3 is 15.4 Å². The summed E-state index contributed by atoms with van der Waals surface area (Å²) in [5.74, 6) is -23.2. The van der Waals surface area contributed by atoms with Crippen molar-refractivity contribution in [2.75, 3.05) is 18.5 Å². The van der Waals surface area contributed by atoms with Crippen LogP contribution >= 0.6 is 23.2 Å². The van der Waals surface area contributed by atoms with Gasteiger partial charge in [0.1, 0.15) is 11.1 Å². The van der Waals surface area contributed by atoms with Gasteiger partial charge in [0.25, 0.3) is 12.3 Å². The molecule has 8 nitrogen and oxygen atoms in total. The Bertz CT molecular complexity index is 1430. The molecule has 21 heteroatoms. The maximum Gasteiger partial charge on any atom is 0.460 e. The summed E-state index contributed by atoms with van der Waals surface area (Å²) in [6.07, 6.45) is -7.81. The fraction of sp³-hybridized carbons (Fsp3) is 0.400. The van der Waals surface area contributed by atoms with Crippen LogP contribution in [0.2, 0.25) is 10.0 Å². The zero-order chi connectivity index (χ0) is 31.1. The number of fused-ring (bicyclic) bond motifs is 1. The zero-order valence-electron chi connectivity index (χ0n) is 19.7. The lowest BCUT2D eigenvalue weighted by Gasteiger charge is -2.33. The largest absolute Gasteiger partial charge is 0.471 e. The summed E-state index contributed by atoms with van der Waals surface area (Å²) in [4.78, 5) is 24.1. The van der Waals surface area contributed by atoms with Gasteiger partial charge in [0, 0.05) is 19.4 Å². The molecule has 3 aromatic rings. The summed E-state index contributed by atoms with van der Waals surface area (Å²) in [6, 6.07) is 0.722. The van der Waals surface area contributed by atoms with Crippen molar-refractivity contribution < 1.29 is 57.8 Å². The Morgan fingerprint density at radius 2 is 1.59 bits per heavy atom. The summed E-state index contributed by atoms with van der Waals surface area (Å²) < 4.78 is 150. The van der Waals surface area contributed by atoms with Crippen molar-refractivity contribution in [1.29, 1.82) is 0 Å². The maximum absolute atomic E-state index is 13.9. The number of carbonyl (C=O) groups is 1. The number of ether oxygens (including phenoxy) is 1. The van der Waals surface area contributed by atoms with Crippen molar-refractivity contribution in [2.45, 2.75) is 30.4 Å². The topological polar surface area (TPSA) is 94.0 Å². The smallest absolute Gasteiger partial charge is 0.460 e. The van der Waals surface area contributed by atoms with Crippen molar-refractivity contribution >= 4 is 51.9 Å². The SMILES string of the molecule is Cn1c(Nc2c(Cl)cncc2Cl)nc2cc(C(=O)NCC(F)(F)C(F)(F)C(F)(F)C(F)(F)F)c(OCC(F)F)nc21. The molecule has 226 valence electrons. The summed E-state index contributed by atoms with van der Waals surface area (Å²) in [5, 5.41) is 3.82. The number of halogens is 13. The van der Waals surface area contributed by atoms with Gasteiger partial charge in [0.15, 0.2) is 12.3 Å². The van der Waals surface area contributed by atoms with Gasteiger partial charge in [-0.2, -0.15) is 44.5 Å².